The maximum absolute atomic E-state index is 10.1. The Hall–Kier alpha value is -0.0400. The van der Waals surface area contributed by atoms with Crippen molar-refractivity contribution in [2.24, 2.45) is 5.92 Å². The van der Waals surface area contributed by atoms with Crippen LogP contribution in [0.2, 0.25) is 0 Å². The first-order chi connectivity index (χ1) is 10.2. The zero-order chi connectivity index (χ0) is 15.8. The summed E-state index contributed by atoms with van der Waals surface area (Å²) >= 11 is 0. The molecular weight excluding hydrogens is 256 g/mol. The number of aliphatic hydroxyl groups is 1. The van der Waals surface area contributed by atoms with E-state index in [1.807, 2.05) is 0 Å². The first kappa shape index (κ1) is 21.0. The van der Waals surface area contributed by atoms with E-state index in [1.165, 1.54) is 89.9 Å². The zero-order valence-electron chi connectivity index (χ0n) is 15.2. The van der Waals surface area contributed by atoms with Gasteiger partial charge in [-0.25, -0.2) is 0 Å². The molecule has 0 radical (unpaired) electrons. The van der Waals surface area contributed by atoms with E-state index in [1.54, 1.807) is 0 Å². The SMILES string of the molecule is CCCCCCCCCCCCCC(O)C(C)CCCC. The first-order valence-electron chi connectivity index (χ1n) is 9.90. The molecular formula is C20H42O. The monoisotopic (exact) mass is 298 g/mol. The molecule has 0 spiro atoms. The van der Waals surface area contributed by atoms with Crippen LogP contribution in [0.25, 0.3) is 0 Å². The lowest BCUT2D eigenvalue weighted by atomic mass is 9.94. The number of hydrogen-bond donors (Lipinski definition) is 1. The fraction of sp³-hybridized carbons (Fsp3) is 1.00. The molecule has 0 aromatic heterocycles. The molecule has 0 aromatic rings. The van der Waals surface area contributed by atoms with Gasteiger partial charge in [0.1, 0.15) is 0 Å². The number of rotatable bonds is 16. The minimum absolute atomic E-state index is 0.0601. The van der Waals surface area contributed by atoms with E-state index in [0.717, 1.165) is 6.42 Å². The summed E-state index contributed by atoms with van der Waals surface area (Å²) in [6.07, 6.45) is 19.9. The molecule has 1 nitrogen and oxygen atoms in total. The fourth-order valence-electron chi connectivity index (χ4n) is 3.02. The topological polar surface area (TPSA) is 20.2 Å². The highest BCUT2D eigenvalue weighted by atomic mass is 16.3. The van der Waals surface area contributed by atoms with Crippen LogP contribution in [0.1, 0.15) is 117 Å². The molecule has 0 bridgehead atoms. The predicted molar refractivity (Wildman–Crippen MR) is 95.8 cm³/mol. The molecule has 0 rings (SSSR count). The molecule has 2 unspecified atom stereocenters. The summed E-state index contributed by atoms with van der Waals surface area (Å²) in [5.74, 6) is 0.494. The summed E-state index contributed by atoms with van der Waals surface area (Å²) in [5, 5.41) is 10.1. The Kier molecular flexibility index (Phi) is 16.3. The maximum Gasteiger partial charge on any atom is 0.0565 e. The highest BCUT2D eigenvalue weighted by molar-refractivity contribution is 4.64. The van der Waals surface area contributed by atoms with Gasteiger partial charge in [0, 0.05) is 0 Å². The van der Waals surface area contributed by atoms with E-state index in [4.69, 9.17) is 0 Å². The van der Waals surface area contributed by atoms with Gasteiger partial charge in [-0.05, 0) is 18.8 Å². The Morgan fingerprint density at radius 2 is 1.00 bits per heavy atom. The van der Waals surface area contributed by atoms with Crippen molar-refractivity contribution < 1.29 is 5.11 Å². The molecule has 2 atom stereocenters. The van der Waals surface area contributed by atoms with E-state index < -0.39 is 0 Å². The van der Waals surface area contributed by atoms with E-state index >= 15 is 0 Å². The van der Waals surface area contributed by atoms with E-state index in [9.17, 15) is 5.11 Å². The van der Waals surface area contributed by atoms with Crippen LogP contribution in [0.3, 0.4) is 0 Å². The van der Waals surface area contributed by atoms with Crippen molar-refractivity contribution in [2.45, 2.75) is 123 Å². The van der Waals surface area contributed by atoms with Gasteiger partial charge in [0.15, 0.2) is 0 Å². The van der Waals surface area contributed by atoms with Gasteiger partial charge in [-0.2, -0.15) is 0 Å². The molecule has 0 heterocycles. The van der Waals surface area contributed by atoms with Crippen LogP contribution in [0.5, 0.6) is 0 Å². The van der Waals surface area contributed by atoms with Gasteiger partial charge in [0.2, 0.25) is 0 Å². The molecule has 128 valence electrons. The smallest absolute Gasteiger partial charge is 0.0565 e. The Morgan fingerprint density at radius 3 is 1.48 bits per heavy atom. The lowest BCUT2D eigenvalue weighted by Crippen LogP contribution is -2.17. The van der Waals surface area contributed by atoms with Crippen LogP contribution >= 0.6 is 0 Å². The zero-order valence-corrected chi connectivity index (χ0v) is 15.2. The molecule has 1 heteroatoms. The average molecular weight is 299 g/mol. The lowest BCUT2D eigenvalue weighted by molar-refractivity contribution is 0.0988. The number of aliphatic hydroxyl groups excluding tert-OH is 1. The van der Waals surface area contributed by atoms with Crippen molar-refractivity contribution in [1.82, 2.24) is 0 Å². The number of unbranched alkanes of at least 4 members (excludes halogenated alkanes) is 11. The van der Waals surface area contributed by atoms with Gasteiger partial charge in [-0.15, -0.1) is 0 Å². The highest BCUT2D eigenvalue weighted by Gasteiger charge is 2.12. The quantitative estimate of drug-likeness (QED) is 0.308. The Balaban J connectivity index is 3.21. The second-order valence-corrected chi connectivity index (χ2v) is 7.01. The van der Waals surface area contributed by atoms with Crippen molar-refractivity contribution in [1.29, 1.82) is 0 Å². The van der Waals surface area contributed by atoms with Crippen molar-refractivity contribution in [3.05, 3.63) is 0 Å². The summed E-state index contributed by atoms with van der Waals surface area (Å²) in [6.45, 7) is 6.71. The molecule has 0 saturated carbocycles. The summed E-state index contributed by atoms with van der Waals surface area (Å²) in [5.41, 5.74) is 0. The molecule has 0 aromatic carbocycles. The van der Waals surface area contributed by atoms with Crippen molar-refractivity contribution in [3.8, 4) is 0 Å². The standard InChI is InChI=1S/C20H42O/c1-4-6-8-9-10-11-12-13-14-15-16-18-20(21)19(3)17-7-5-2/h19-21H,4-18H2,1-3H3. The van der Waals surface area contributed by atoms with Crippen molar-refractivity contribution in [3.63, 3.8) is 0 Å². The summed E-state index contributed by atoms with van der Waals surface area (Å²) in [6, 6.07) is 0. The van der Waals surface area contributed by atoms with Crippen molar-refractivity contribution >= 4 is 0 Å². The number of hydrogen-bond acceptors (Lipinski definition) is 1. The Labute approximate surface area is 134 Å². The van der Waals surface area contributed by atoms with Crippen LogP contribution in [0, 0.1) is 5.92 Å². The van der Waals surface area contributed by atoms with Crippen LogP contribution in [0.15, 0.2) is 0 Å². The second-order valence-electron chi connectivity index (χ2n) is 7.01. The first-order valence-corrected chi connectivity index (χ1v) is 9.90. The molecule has 1 N–H and O–H groups in total. The van der Waals surface area contributed by atoms with E-state index in [0.29, 0.717) is 5.92 Å². The van der Waals surface area contributed by atoms with Crippen LogP contribution in [0.4, 0.5) is 0 Å². The third-order valence-corrected chi connectivity index (χ3v) is 4.77. The largest absolute Gasteiger partial charge is 0.393 e. The summed E-state index contributed by atoms with van der Waals surface area (Å²) < 4.78 is 0. The minimum atomic E-state index is -0.0601. The summed E-state index contributed by atoms with van der Waals surface area (Å²) in [7, 11) is 0. The molecule has 0 fully saturated rings. The molecule has 0 aliphatic heterocycles. The molecule has 0 amide bonds. The minimum Gasteiger partial charge on any atom is -0.393 e. The fourth-order valence-corrected chi connectivity index (χ4v) is 3.02. The van der Waals surface area contributed by atoms with Crippen LogP contribution in [-0.2, 0) is 0 Å². The second kappa shape index (κ2) is 16.3. The summed E-state index contributed by atoms with van der Waals surface area (Å²) in [4.78, 5) is 0. The molecule has 0 saturated heterocycles. The predicted octanol–water partition coefficient (Wildman–Crippen LogP) is 6.87. The molecule has 0 aliphatic carbocycles. The maximum atomic E-state index is 10.1. The molecule has 0 aliphatic rings. The average Bonchev–Trinajstić information content (AvgIpc) is 2.49. The Morgan fingerprint density at radius 1 is 0.571 bits per heavy atom. The third-order valence-electron chi connectivity index (χ3n) is 4.77. The normalized spacial score (nSPS) is 14.3. The van der Waals surface area contributed by atoms with Gasteiger partial charge in [-0.1, -0.05) is 104 Å². The van der Waals surface area contributed by atoms with Crippen molar-refractivity contribution in [2.75, 3.05) is 0 Å². The van der Waals surface area contributed by atoms with Gasteiger partial charge in [-0.3, -0.25) is 0 Å². The lowest BCUT2D eigenvalue weighted by Gasteiger charge is -2.18. The van der Waals surface area contributed by atoms with Gasteiger partial charge < -0.3 is 5.11 Å². The van der Waals surface area contributed by atoms with Crippen LogP contribution < -0.4 is 0 Å². The van der Waals surface area contributed by atoms with E-state index in [-0.39, 0.29) is 6.10 Å². The van der Waals surface area contributed by atoms with Gasteiger partial charge in [0.05, 0.1) is 6.10 Å². The third kappa shape index (κ3) is 14.7. The Bertz CT molecular complexity index is 190. The van der Waals surface area contributed by atoms with E-state index in [2.05, 4.69) is 20.8 Å². The highest BCUT2D eigenvalue weighted by Crippen LogP contribution is 2.18. The van der Waals surface area contributed by atoms with Gasteiger partial charge >= 0.3 is 0 Å². The molecule has 21 heavy (non-hydrogen) atoms. The van der Waals surface area contributed by atoms with Gasteiger partial charge in [0.25, 0.3) is 0 Å². The van der Waals surface area contributed by atoms with Crippen LogP contribution in [-0.4, -0.2) is 11.2 Å².